The van der Waals surface area contributed by atoms with Crippen LogP contribution in [0.1, 0.15) is 39.0 Å². The lowest BCUT2D eigenvalue weighted by molar-refractivity contribution is -0.140. The monoisotopic (exact) mass is 254 g/mol. The Morgan fingerprint density at radius 1 is 1.28 bits per heavy atom. The summed E-state index contributed by atoms with van der Waals surface area (Å²) in [6.07, 6.45) is 4.42. The standard InChI is InChI=1S/C13H22N2O3/c1-2-11(13(17)18)14-10-5-7-15(8-6-10)12(16)9-3-4-9/h9-11,14H,2-8H2,1H3,(H,17,18). The molecule has 0 spiro atoms. The highest BCUT2D eigenvalue weighted by molar-refractivity contribution is 5.81. The van der Waals surface area contributed by atoms with E-state index >= 15 is 0 Å². The van der Waals surface area contributed by atoms with Gasteiger partial charge in [0.2, 0.25) is 5.91 Å². The van der Waals surface area contributed by atoms with E-state index in [9.17, 15) is 9.59 Å². The van der Waals surface area contributed by atoms with Gasteiger partial charge in [-0.25, -0.2) is 0 Å². The number of hydrogen-bond acceptors (Lipinski definition) is 3. The third-order valence-corrected chi connectivity index (χ3v) is 3.88. The molecule has 2 fully saturated rings. The molecule has 1 aliphatic heterocycles. The molecular weight excluding hydrogens is 232 g/mol. The Morgan fingerprint density at radius 3 is 2.33 bits per heavy atom. The molecule has 1 amide bonds. The molecule has 1 heterocycles. The first-order valence-electron chi connectivity index (χ1n) is 6.89. The van der Waals surface area contributed by atoms with Gasteiger partial charge in [-0.2, -0.15) is 0 Å². The molecule has 2 N–H and O–H groups in total. The molecule has 1 aliphatic carbocycles. The number of amides is 1. The fourth-order valence-electron chi connectivity index (χ4n) is 2.50. The summed E-state index contributed by atoms with van der Waals surface area (Å²) in [5.74, 6) is -0.190. The van der Waals surface area contributed by atoms with Crippen molar-refractivity contribution in [2.24, 2.45) is 5.92 Å². The van der Waals surface area contributed by atoms with E-state index in [1.54, 1.807) is 0 Å². The number of carbonyl (C=O) groups is 2. The van der Waals surface area contributed by atoms with Gasteiger partial charge in [-0.15, -0.1) is 0 Å². The molecule has 0 aromatic heterocycles. The second-order valence-electron chi connectivity index (χ2n) is 5.34. The van der Waals surface area contributed by atoms with Gasteiger partial charge in [-0.3, -0.25) is 9.59 Å². The minimum absolute atomic E-state index is 0.231. The van der Waals surface area contributed by atoms with Gasteiger partial charge in [0.15, 0.2) is 0 Å². The summed E-state index contributed by atoms with van der Waals surface area (Å²) in [4.78, 5) is 24.8. The summed E-state index contributed by atoms with van der Waals surface area (Å²) >= 11 is 0. The van der Waals surface area contributed by atoms with Gasteiger partial charge in [0.25, 0.3) is 0 Å². The van der Waals surface area contributed by atoms with E-state index in [-0.39, 0.29) is 12.0 Å². The number of nitrogens with one attached hydrogen (secondary N) is 1. The van der Waals surface area contributed by atoms with Crippen LogP contribution in [0.5, 0.6) is 0 Å². The minimum atomic E-state index is -0.783. The van der Waals surface area contributed by atoms with Crippen molar-refractivity contribution in [1.82, 2.24) is 10.2 Å². The fourth-order valence-corrected chi connectivity index (χ4v) is 2.50. The number of carboxylic acids is 1. The van der Waals surface area contributed by atoms with Crippen LogP contribution in [-0.2, 0) is 9.59 Å². The van der Waals surface area contributed by atoms with Crippen molar-refractivity contribution < 1.29 is 14.7 Å². The summed E-state index contributed by atoms with van der Waals surface area (Å²) in [6, 6.07) is -0.227. The Labute approximate surface area is 108 Å². The number of aliphatic carboxylic acids is 1. The first-order valence-corrected chi connectivity index (χ1v) is 6.89. The number of rotatable bonds is 5. The molecule has 0 radical (unpaired) electrons. The summed E-state index contributed by atoms with van der Waals surface area (Å²) in [6.45, 7) is 3.41. The van der Waals surface area contributed by atoms with Crippen molar-refractivity contribution in [2.75, 3.05) is 13.1 Å². The van der Waals surface area contributed by atoms with Gasteiger partial charge in [0.1, 0.15) is 6.04 Å². The van der Waals surface area contributed by atoms with Crippen molar-refractivity contribution in [3.8, 4) is 0 Å². The number of carbonyl (C=O) groups excluding carboxylic acids is 1. The van der Waals surface area contributed by atoms with E-state index in [1.807, 2.05) is 11.8 Å². The zero-order valence-corrected chi connectivity index (χ0v) is 10.9. The highest BCUT2D eigenvalue weighted by atomic mass is 16.4. The van der Waals surface area contributed by atoms with Gasteiger partial charge in [-0.05, 0) is 32.1 Å². The number of nitrogens with zero attached hydrogens (tertiary/aromatic N) is 1. The van der Waals surface area contributed by atoms with Gasteiger partial charge < -0.3 is 15.3 Å². The maximum absolute atomic E-state index is 11.9. The van der Waals surface area contributed by atoms with Crippen molar-refractivity contribution >= 4 is 11.9 Å². The highest BCUT2D eigenvalue weighted by Gasteiger charge is 2.35. The number of piperidine rings is 1. The average Bonchev–Trinajstić information content (AvgIpc) is 3.19. The Bertz CT molecular complexity index is 320. The van der Waals surface area contributed by atoms with Crippen molar-refractivity contribution in [2.45, 2.75) is 51.1 Å². The lowest BCUT2D eigenvalue weighted by atomic mass is 10.0. The maximum atomic E-state index is 11.9. The van der Waals surface area contributed by atoms with Crippen molar-refractivity contribution in [3.05, 3.63) is 0 Å². The number of likely N-dealkylation sites (tertiary alicyclic amines) is 1. The molecule has 5 heteroatoms. The largest absolute Gasteiger partial charge is 0.480 e. The Morgan fingerprint density at radius 2 is 1.89 bits per heavy atom. The van der Waals surface area contributed by atoms with Crippen LogP contribution in [0.4, 0.5) is 0 Å². The van der Waals surface area contributed by atoms with Gasteiger partial charge in [0.05, 0.1) is 0 Å². The number of carboxylic acid groups (broad SMARTS) is 1. The molecule has 18 heavy (non-hydrogen) atoms. The zero-order chi connectivity index (χ0) is 13.1. The first kappa shape index (κ1) is 13.3. The van der Waals surface area contributed by atoms with Crippen molar-refractivity contribution in [3.63, 3.8) is 0 Å². The Balaban J connectivity index is 1.75. The van der Waals surface area contributed by atoms with Crippen LogP contribution in [-0.4, -0.2) is 47.1 Å². The smallest absolute Gasteiger partial charge is 0.320 e. The number of hydrogen-bond donors (Lipinski definition) is 2. The Kier molecular flexibility index (Phi) is 4.22. The highest BCUT2D eigenvalue weighted by Crippen LogP contribution is 2.31. The molecule has 2 rings (SSSR count). The van der Waals surface area contributed by atoms with Gasteiger partial charge in [0, 0.05) is 25.0 Å². The minimum Gasteiger partial charge on any atom is -0.480 e. The molecule has 0 aromatic rings. The molecular formula is C13H22N2O3. The summed E-state index contributed by atoms with van der Waals surface area (Å²) in [5.41, 5.74) is 0. The second kappa shape index (κ2) is 5.69. The molecule has 102 valence electrons. The summed E-state index contributed by atoms with van der Waals surface area (Å²) in [5, 5.41) is 12.2. The van der Waals surface area contributed by atoms with E-state index in [0.29, 0.717) is 12.3 Å². The summed E-state index contributed by atoms with van der Waals surface area (Å²) in [7, 11) is 0. The Hall–Kier alpha value is -1.10. The van der Waals surface area contributed by atoms with Crippen LogP contribution in [0.25, 0.3) is 0 Å². The molecule has 0 bridgehead atoms. The molecule has 0 aromatic carbocycles. The van der Waals surface area contributed by atoms with E-state index in [2.05, 4.69) is 5.32 Å². The summed E-state index contributed by atoms with van der Waals surface area (Å²) < 4.78 is 0. The van der Waals surface area contributed by atoms with Gasteiger partial charge >= 0.3 is 5.97 Å². The zero-order valence-electron chi connectivity index (χ0n) is 10.9. The predicted octanol–water partition coefficient (Wildman–Crippen LogP) is 0.840. The molecule has 1 unspecified atom stereocenters. The van der Waals surface area contributed by atoms with Gasteiger partial charge in [-0.1, -0.05) is 6.92 Å². The van der Waals surface area contributed by atoms with E-state index in [0.717, 1.165) is 38.8 Å². The molecule has 5 nitrogen and oxygen atoms in total. The molecule has 1 saturated carbocycles. The van der Waals surface area contributed by atoms with Crippen LogP contribution in [0.15, 0.2) is 0 Å². The normalized spacial score (nSPS) is 22.8. The molecule has 2 aliphatic rings. The lowest BCUT2D eigenvalue weighted by Crippen LogP contribution is -2.50. The topological polar surface area (TPSA) is 69.6 Å². The first-order chi connectivity index (χ1) is 8.61. The fraction of sp³-hybridized carbons (Fsp3) is 0.846. The lowest BCUT2D eigenvalue weighted by Gasteiger charge is -2.33. The van der Waals surface area contributed by atoms with Crippen molar-refractivity contribution in [1.29, 1.82) is 0 Å². The third-order valence-electron chi connectivity index (χ3n) is 3.88. The van der Waals surface area contributed by atoms with E-state index in [4.69, 9.17) is 5.11 Å². The van der Waals surface area contributed by atoms with E-state index in [1.165, 1.54) is 0 Å². The average molecular weight is 254 g/mol. The maximum Gasteiger partial charge on any atom is 0.320 e. The third kappa shape index (κ3) is 3.22. The SMILES string of the molecule is CCC(NC1CCN(C(=O)C2CC2)CC1)C(=O)O. The molecule has 1 saturated heterocycles. The predicted molar refractivity (Wildman–Crippen MR) is 67.2 cm³/mol. The van der Waals surface area contributed by atoms with Crippen LogP contribution in [0.3, 0.4) is 0 Å². The van der Waals surface area contributed by atoms with E-state index < -0.39 is 12.0 Å². The van der Waals surface area contributed by atoms with Crippen LogP contribution >= 0.6 is 0 Å². The van der Waals surface area contributed by atoms with Crippen LogP contribution in [0, 0.1) is 5.92 Å². The second-order valence-corrected chi connectivity index (χ2v) is 5.34. The van der Waals surface area contributed by atoms with Crippen LogP contribution in [0.2, 0.25) is 0 Å². The molecule has 1 atom stereocenters. The quantitative estimate of drug-likeness (QED) is 0.763. The van der Waals surface area contributed by atoms with Crippen LogP contribution < -0.4 is 5.32 Å².